The zero-order valence-electron chi connectivity index (χ0n) is 9.04. The van der Waals surface area contributed by atoms with E-state index in [2.05, 4.69) is 9.97 Å². The molecule has 1 aromatic carbocycles. The average Bonchev–Trinajstić information content (AvgIpc) is 2.78. The first-order valence-electron chi connectivity index (χ1n) is 5.19. The van der Waals surface area contributed by atoms with Gasteiger partial charge in [-0.2, -0.15) is 0 Å². The minimum atomic E-state index is 0.421. The lowest BCUT2D eigenvalue weighted by atomic mass is 10.1. The number of imidazole rings is 1. The van der Waals surface area contributed by atoms with Crippen LogP contribution in [0.4, 0.5) is 11.5 Å². The fraction of sp³-hybridized carbons (Fsp3) is 0. The van der Waals surface area contributed by atoms with Gasteiger partial charge in [0.25, 0.3) is 0 Å². The first-order valence-corrected chi connectivity index (χ1v) is 5.19. The molecule has 5 heteroatoms. The molecular formula is C12H11N5. The number of nitrogens with zero attached hydrogens (tertiary/aromatic N) is 3. The highest BCUT2D eigenvalue weighted by atomic mass is 15.0. The standard InChI is InChI=1S/C12H11N5/c13-9-3-1-8(2-4-9)10-7-17-6-5-15-12(17)11(14)16-10/h1-7H,13H2,(H2,14,16). The van der Waals surface area contributed by atoms with Gasteiger partial charge in [0, 0.05) is 29.8 Å². The highest BCUT2D eigenvalue weighted by Gasteiger charge is 2.05. The quantitative estimate of drug-likeness (QED) is 0.616. The molecule has 0 aliphatic carbocycles. The van der Waals surface area contributed by atoms with E-state index >= 15 is 0 Å². The molecule has 5 nitrogen and oxygen atoms in total. The van der Waals surface area contributed by atoms with Crippen molar-refractivity contribution in [1.29, 1.82) is 0 Å². The molecule has 17 heavy (non-hydrogen) atoms. The fourth-order valence-electron chi connectivity index (χ4n) is 1.75. The van der Waals surface area contributed by atoms with Crippen LogP contribution < -0.4 is 11.5 Å². The van der Waals surface area contributed by atoms with E-state index in [9.17, 15) is 0 Å². The predicted octanol–water partition coefficient (Wildman–Crippen LogP) is 1.56. The van der Waals surface area contributed by atoms with Gasteiger partial charge in [0.05, 0.1) is 5.69 Å². The van der Waals surface area contributed by atoms with Crippen LogP contribution in [0, 0.1) is 0 Å². The van der Waals surface area contributed by atoms with E-state index in [1.807, 2.05) is 41.1 Å². The molecule has 2 aromatic heterocycles. The number of hydrogen-bond acceptors (Lipinski definition) is 4. The summed E-state index contributed by atoms with van der Waals surface area (Å²) in [5.41, 5.74) is 14.7. The van der Waals surface area contributed by atoms with Crippen molar-refractivity contribution in [3.63, 3.8) is 0 Å². The average molecular weight is 225 g/mol. The summed E-state index contributed by atoms with van der Waals surface area (Å²) in [5, 5.41) is 0. The Labute approximate surface area is 97.7 Å². The van der Waals surface area contributed by atoms with Crippen molar-refractivity contribution in [2.45, 2.75) is 0 Å². The summed E-state index contributed by atoms with van der Waals surface area (Å²) >= 11 is 0. The summed E-state index contributed by atoms with van der Waals surface area (Å²) < 4.78 is 1.86. The Bertz CT molecular complexity index is 669. The van der Waals surface area contributed by atoms with Crippen LogP contribution in [0.15, 0.2) is 42.9 Å². The van der Waals surface area contributed by atoms with Crippen molar-refractivity contribution < 1.29 is 0 Å². The second-order valence-corrected chi connectivity index (χ2v) is 3.79. The van der Waals surface area contributed by atoms with E-state index in [1.165, 1.54) is 0 Å². The van der Waals surface area contributed by atoms with Crippen molar-refractivity contribution >= 4 is 17.2 Å². The van der Waals surface area contributed by atoms with E-state index in [-0.39, 0.29) is 0 Å². The third-order valence-corrected chi connectivity index (χ3v) is 2.61. The van der Waals surface area contributed by atoms with Crippen molar-refractivity contribution in [3.05, 3.63) is 42.9 Å². The topological polar surface area (TPSA) is 82.2 Å². The summed E-state index contributed by atoms with van der Waals surface area (Å²) in [6.45, 7) is 0. The Hall–Kier alpha value is -2.56. The van der Waals surface area contributed by atoms with Crippen LogP contribution in [0.1, 0.15) is 0 Å². The van der Waals surface area contributed by atoms with Crippen molar-refractivity contribution in [3.8, 4) is 11.3 Å². The molecule has 0 amide bonds. The number of hydrogen-bond donors (Lipinski definition) is 2. The van der Waals surface area contributed by atoms with Crippen molar-refractivity contribution in [1.82, 2.24) is 14.4 Å². The molecule has 0 aliphatic heterocycles. The molecule has 84 valence electrons. The van der Waals surface area contributed by atoms with E-state index in [1.54, 1.807) is 6.20 Å². The van der Waals surface area contributed by atoms with Crippen LogP contribution in [-0.2, 0) is 0 Å². The Morgan fingerprint density at radius 3 is 2.59 bits per heavy atom. The van der Waals surface area contributed by atoms with Gasteiger partial charge in [0.2, 0.25) is 0 Å². The van der Waals surface area contributed by atoms with Gasteiger partial charge < -0.3 is 15.9 Å². The first-order chi connectivity index (χ1) is 8.24. The summed E-state index contributed by atoms with van der Waals surface area (Å²) in [6.07, 6.45) is 5.43. The van der Waals surface area contributed by atoms with Gasteiger partial charge in [-0.15, -0.1) is 0 Å². The maximum atomic E-state index is 5.85. The third-order valence-electron chi connectivity index (χ3n) is 2.61. The lowest BCUT2D eigenvalue weighted by molar-refractivity contribution is 1.14. The second-order valence-electron chi connectivity index (χ2n) is 3.79. The molecule has 0 bridgehead atoms. The summed E-state index contributed by atoms with van der Waals surface area (Å²) in [6, 6.07) is 7.51. The number of nitrogens with two attached hydrogens (primary N) is 2. The van der Waals surface area contributed by atoms with Gasteiger partial charge in [-0.25, -0.2) is 9.97 Å². The molecule has 0 unspecified atom stereocenters. The minimum absolute atomic E-state index is 0.421. The number of fused-ring (bicyclic) bond motifs is 1. The van der Waals surface area contributed by atoms with E-state index in [0.717, 1.165) is 16.9 Å². The highest BCUT2D eigenvalue weighted by Crippen LogP contribution is 2.21. The lowest BCUT2D eigenvalue weighted by Gasteiger charge is -2.04. The number of anilines is 2. The number of rotatable bonds is 1. The zero-order valence-corrected chi connectivity index (χ0v) is 9.04. The molecule has 2 heterocycles. The van der Waals surface area contributed by atoms with E-state index in [0.29, 0.717) is 11.5 Å². The Morgan fingerprint density at radius 2 is 1.82 bits per heavy atom. The van der Waals surface area contributed by atoms with Gasteiger partial charge in [-0.05, 0) is 12.1 Å². The van der Waals surface area contributed by atoms with Crippen molar-refractivity contribution in [2.24, 2.45) is 0 Å². The van der Waals surface area contributed by atoms with Gasteiger partial charge in [-0.3, -0.25) is 0 Å². The van der Waals surface area contributed by atoms with Gasteiger partial charge in [0.15, 0.2) is 11.5 Å². The first kappa shape index (κ1) is 9.65. The Morgan fingerprint density at radius 1 is 1.06 bits per heavy atom. The maximum absolute atomic E-state index is 5.85. The van der Waals surface area contributed by atoms with E-state index < -0.39 is 0 Å². The van der Waals surface area contributed by atoms with Crippen LogP contribution in [0.2, 0.25) is 0 Å². The maximum Gasteiger partial charge on any atom is 0.179 e. The summed E-state index contributed by atoms with van der Waals surface area (Å²) in [7, 11) is 0. The number of nitrogen functional groups attached to an aromatic ring is 2. The van der Waals surface area contributed by atoms with Gasteiger partial charge in [0.1, 0.15) is 0 Å². The molecular weight excluding hydrogens is 214 g/mol. The molecule has 4 N–H and O–H groups in total. The smallest absolute Gasteiger partial charge is 0.179 e. The molecule has 3 aromatic rings. The normalized spacial score (nSPS) is 10.8. The molecule has 0 saturated carbocycles. The summed E-state index contributed by atoms with van der Waals surface area (Å²) in [5.74, 6) is 0.421. The lowest BCUT2D eigenvalue weighted by Crippen LogP contribution is -1.98. The fourth-order valence-corrected chi connectivity index (χ4v) is 1.75. The molecule has 0 saturated heterocycles. The summed E-state index contributed by atoms with van der Waals surface area (Å²) in [4.78, 5) is 8.45. The zero-order chi connectivity index (χ0) is 11.8. The largest absolute Gasteiger partial charge is 0.399 e. The van der Waals surface area contributed by atoms with Crippen molar-refractivity contribution in [2.75, 3.05) is 11.5 Å². The number of benzene rings is 1. The van der Waals surface area contributed by atoms with Gasteiger partial charge >= 0.3 is 0 Å². The molecule has 0 atom stereocenters. The second kappa shape index (κ2) is 3.48. The molecule has 0 fully saturated rings. The van der Waals surface area contributed by atoms with Crippen LogP contribution >= 0.6 is 0 Å². The Kier molecular flexibility index (Phi) is 1.98. The minimum Gasteiger partial charge on any atom is -0.399 e. The highest BCUT2D eigenvalue weighted by molar-refractivity contribution is 5.68. The van der Waals surface area contributed by atoms with E-state index in [4.69, 9.17) is 11.5 Å². The monoisotopic (exact) mass is 225 g/mol. The van der Waals surface area contributed by atoms with Crippen LogP contribution in [0.3, 0.4) is 0 Å². The predicted molar refractivity (Wildman–Crippen MR) is 67.2 cm³/mol. The molecule has 0 aliphatic rings. The third kappa shape index (κ3) is 1.57. The Balaban J connectivity index is 2.20. The molecule has 0 radical (unpaired) electrons. The number of aromatic nitrogens is 3. The van der Waals surface area contributed by atoms with Crippen LogP contribution in [0.25, 0.3) is 16.9 Å². The SMILES string of the molecule is Nc1ccc(-c2cn3ccnc3c(N)n2)cc1. The molecule has 0 spiro atoms. The van der Waals surface area contributed by atoms with Gasteiger partial charge in [-0.1, -0.05) is 12.1 Å². The molecule has 3 rings (SSSR count). The van der Waals surface area contributed by atoms with Crippen LogP contribution in [0.5, 0.6) is 0 Å². The van der Waals surface area contributed by atoms with Crippen LogP contribution in [-0.4, -0.2) is 14.4 Å².